The van der Waals surface area contributed by atoms with Gasteiger partial charge in [0.2, 0.25) is 10.0 Å². The van der Waals surface area contributed by atoms with Crippen molar-refractivity contribution in [3.8, 4) is 0 Å². The van der Waals surface area contributed by atoms with Crippen LogP contribution in [0.1, 0.15) is 21.8 Å². The Morgan fingerprint density at radius 3 is 2.72 bits per heavy atom. The first kappa shape index (κ1) is 17.6. The van der Waals surface area contributed by atoms with Crippen LogP contribution in [0, 0.1) is 6.92 Å². The maximum Gasteiger partial charge on any atom is 0.338 e. The maximum absolute atomic E-state index is 12.6. The quantitative estimate of drug-likeness (QED) is 0.737. The Kier molecular flexibility index (Phi) is 5.16. The van der Waals surface area contributed by atoms with E-state index in [-0.39, 0.29) is 17.1 Å². The van der Waals surface area contributed by atoms with Crippen LogP contribution in [0.5, 0.6) is 0 Å². The monoisotopic (exact) mass is 366 g/mol. The Hall–Kier alpha value is -2.23. The molecule has 1 saturated heterocycles. The average molecular weight is 366 g/mol. The molecule has 0 atom stereocenters. The van der Waals surface area contributed by atoms with Crippen LogP contribution < -0.4 is 0 Å². The van der Waals surface area contributed by atoms with E-state index in [9.17, 15) is 13.2 Å². The van der Waals surface area contributed by atoms with Crippen LogP contribution in [-0.4, -0.2) is 50.2 Å². The van der Waals surface area contributed by atoms with Crippen molar-refractivity contribution in [1.29, 1.82) is 0 Å². The standard InChI is InChI=1S/C16H18N2O6S/c1-12-9-14(17-24-12)11-23-16(19)13-3-2-4-15(10-13)25(20,21)18-5-7-22-8-6-18/h2-4,9-10H,5-8,11H2,1H3. The number of esters is 1. The van der Waals surface area contributed by atoms with Crippen molar-refractivity contribution in [2.75, 3.05) is 26.3 Å². The third-order valence-electron chi connectivity index (χ3n) is 3.71. The molecular weight excluding hydrogens is 348 g/mol. The molecule has 0 saturated carbocycles. The highest BCUT2D eigenvalue weighted by Crippen LogP contribution is 2.19. The van der Waals surface area contributed by atoms with E-state index in [1.165, 1.54) is 28.6 Å². The zero-order chi connectivity index (χ0) is 17.9. The molecule has 0 radical (unpaired) electrons. The summed E-state index contributed by atoms with van der Waals surface area (Å²) in [4.78, 5) is 12.2. The molecule has 2 aromatic rings. The van der Waals surface area contributed by atoms with Crippen molar-refractivity contribution in [3.05, 3.63) is 47.3 Å². The summed E-state index contributed by atoms with van der Waals surface area (Å²) in [6, 6.07) is 7.47. The highest BCUT2D eigenvalue weighted by Gasteiger charge is 2.27. The smallest absolute Gasteiger partial charge is 0.338 e. The summed E-state index contributed by atoms with van der Waals surface area (Å²) in [6.07, 6.45) is 0. The lowest BCUT2D eigenvalue weighted by Gasteiger charge is -2.26. The van der Waals surface area contributed by atoms with Gasteiger partial charge in [-0.1, -0.05) is 11.2 Å². The second-order valence-corrected chi connectivity index (χ2v) is 7.49. The molecule has 134 valence electrons. The van der Waals surface area contributed by atoms with Gasteiger partial charge >= 0.3 is 5.97 Å². The SMILES string of the molecule is Cc1cc(COC(=O)c2cccc(S(=O)(=O)N3CCOCC3)c2)no1. The number of rotatable bonds is 5. The fraction of sp³-hybridized carbons (Fsp3) is 0.375. The van der Waals surface area contributed by atoms with Gasteiger partial charge < -0.3 is 14.0 Å². The van der Waals surface area contributed by atoms with Crippen LogP contribution >= 0.6 is 0 Å². The first-order valence-electron chi connectivity index (χ1n) is 7.74. The van der Waals surface area contributed by atoms with Gasteiger partial charge in [-0.2, -0.15) is 4.31 Å². The predicted molar refractivity (Wildman–Crippen MR) is 86.4 cm³/mol. The van der Waals surface area contributed by atoms with Crippen LogP contribution in [-0.2, 0) is 26.1 Å². The molecule has 2 heterocycles. The minimum absolute atomic E-state index is 0.0450. The van der Waals surface area contributed by atoms with Gasteiger partial charge in [0.15, 0.2) is 0 Å². The van der Waals surface area contributed by atoms with Crippen molar-refractivity contribution in [1.82, 2.24) is 9.46 Å². The van der Waals surface area contributed by atoms with E-state index in [2.05, 4.69) is 5.16 Å². The van der Waals surface area contributed by atoms with Gasteiger partial charge in [0.1, 0.15) is 18.1 Å². The molecule has 1 aliphatic heterocycles. The molecule has 1 aromatic carbocycles. The van der Waals surface area contributed by atoms with Crippen molar-refractivity contribution in [3.63, 3.8) is 0 Å². The van der Waals surface area contributed by atoms with Crippen LogP contribution in [0.3, 0.4) is 0 Å². The molecule has 1 aromatic heterocycles. The number of sulfonamides is 1. The van der Waals surface area contributed by atoms with Gasteiger partial charge in [-0.25, -0.2) is 13.2 Å². The summed E-state index contributed by atoms with van der Waals surface area (Å²) in [5, 5.41) is 3.73. The van der Waals surface area contributed by atoms with E-state index in [1.54, 1.807) is 13.0 Å². The average Bonchev–Trinajstić information content (AvgIpc) is 3.06. The molecule has 0 unspecified atom stereocenters. The Morgan fingerprint density at radius 2 is 2.04 bits per heavy atom. The molecule has 9 heteroatoms. The van der Waals surface area contributed by atoms with Crippen molar-refractivity contribution < 1.29 is 27.2 Å². The number of carbonyl (C=O) groups excluding carboxylic acids is 1. The lowest BCUT2D eigenvalue weighted by Crippen LogP contribution is -2.40. The molecule has 0 spiro atoms. The number of hydrogen-bond donors (Lipinski definition) is 0. The van der Waals surface area contributed by atoms with E-state index in [0.29, 0.717) is 37.8 Å². The number of aryl methyl sites for hydroxylation is 1. The number of aromatic nitrogens is 1. The van der Waals surface area contributed by atoms with Crippen molar-refractivity contribution in [2.24, 2.45) is 0 Å². The third kappa shape index (κ3) is 4.06. The molecule has 3 rings (SSSR count). The summed E-state index contributed by atoms with van der Waals surface area (Å²) in [6.45, 7) is 3.00. The minimum atomic E-state index is -3.66. The van der Waals surface area contributed by atoms with E-state index in [4.69, 9.17) is 14.0 Å². The van der Waals surface area contributed by atoms with Gasteiger partial charge in [-0.05, 0) is 25.1 Å². The van der Waals surface area contributed by atoms with Gasteiger partial charge in [-0.15, -0.1) is 0 Å². The lowest BCUT2D eigenvalue weighted by molar-refractivity contribution is 0.0464. The zero-order valence-corrected chi connectivity index (χ0v) is 14.5. The predicted octanol–water partition coefficient (Wildman–Crippen LogP) is 1.36. The summed E-state index contributed by atoms with van der Waals surface area (Å²) < 4.78 is 41.8. The number of hydrogen-bond acceptors (Lipinski definition) is 7. The highest BCUT2D eigenvalue weighted by atomic mass is 32.2. The van der Waals surface area contributed by atoms with Crippen LogP contribution in [0.2, 0.25) is 0 Å². The third-order valence-corrected chi connectivity index (χ3v) is 5.60. The number of ether oxygens (including phenoxy) is 2. The lowest BCUT2D eigenvalue weighted by atomic mass is 10.2. The normalized spacial score (nSPS) is 15.9. The summed E-state index contributed by atoms with van der Waals surface area (Å²) in [5.74, 6) is -0.00988. The Morgan fingerprint density at radius 1 is 1.28 bits per heavy atom. The molecule has 1 aliphatic rings. The van der Waals surface area contributed by atoms with Gasteiger partial charge in [0.05, 0.1) is 23.7 Å². The summed E-state index contributed by atoms with van der Waals surface area (Å²) >= 11 is 0. The number of morpholine rings is 1. The number of benzene rings is 1. The molecule has 0 amide bonds. The van der Waals surface area contributed by atoms with Gasteiger partial charge in [0.25, 0.3) is 0 Å². The van der Waals surface area contributed by atoms with Gasteiger partial charge in [-0.3, -0.25) is 0 Å². The van der Waals surface area contributed by atoms with Crippen molar-refractivity contribution in [2.45, 2.75) is 18.4 Å². The molecule has 1 fully saturated rings. The van der Waals surface area contributed by atoms with Crippen LogP contribution in [0.25, 0.3) is 0 Å². The Labute approximate surface area is 145 Å². The molecule has 0 aliphatic carbocycles. The van der Waals surface area contributed by atoms with E-state index >= 15 is 0 Å². The van der Waals surface area contributed by atoms with Crippen LogP contribution in [0.4, 0.5) is 0 Å². The largest absolute Gasteiger partial charge is 0.455 e. The molecule has 0 bridgehead atoms. The Bertz CT molecular complexity index is 855. The first-order chi connectivity index (χ1) is 12.0. The highest BCUT2D eigenvalue weighted by molar-refractivity contribution is 7.89. The van der Waals surface area contributed by atoms with E-state index in [0.717, 1.165) is 0 Å². The second kappa shape index (κ2) is 7.34. The van der Waals surface area contributed by atoms with Crippen LogP contribution in [0.15, 0.2) is 39.8 Å². The summed E-state index contributed by atoms with van der Waals surface area (Å²) in [7, 11) is -3.66. The Balaban J connectivity index is 1.73. The number of nitrogens with zero attached hydrogens (tertiary/aromatic N) is 2. The fourth-order valence-corrected chi connectivity index (χ4v) is 3.88. The molecular formula is C16H18N2O6S. The van der Waals surface area contributed by atoms with E-state index < -0.39 is 16.0 Å². The minimum Gasteiger partial charge on any atom is -0.455 e. The van der Waals surface area contributed by atoms with E-state index in [1.807, 2.05) is 0 Å². The second-order valence-electron chi connectivity index (χ2n) is 5.55. The van der Waals surface area contributed by atoms with Gasteiger partial charge in [0, 0.05) is 19.2 Å². The molecule has 25 heavy (non-hydrogen) atoms. The first-order valence-corrected chi connectivity index (χ1v) is 9.18. The molecule has 0 N–H and O–H groups in total. The number of carbonyl (C=O) groups is 1. The summed E-state index contributed by atoms with van der Waals surface area (Å²) in [5.41, 5.74) is 0.650. The maximum atomic E-state index is 12.6. The molecule has 8 nitrogen and oxygen atoms in total. The fourth-order valence-electron chi connectivity index (χ4n) is 2.43. The topological polar surface area (TPSA) is 98.9 Å². The van der Waals surface area contributed by atoms with Crippen molar-refractivity contribution >= 4 is 16.0 Å². The zero-order valence-electron chi connectivity index (χ0n) is 13.7.